The van der Waals surface area contributed by atoms with Crippen molar-refractivity contribution in [3.05, 3.63) is 47.9 Å². The molecule has 0 amide bonds. The Morgan fingerprint density at radius 1 is 1.29 bits per heavy atom. The molecule has 4 N–H and O–H groups in total. The zero-order chi connectivity index (χ0) is 22.2. The number of H-pyrrole nitrogens is 1. The Hall–Kier alpha value is -3.11. The van der Waals surface area contributed by atoms with E-state index >= 15 is 0 Å². The van der Waals surface area contributed by atoms with E-state index in [-0.39, 0.29) is 12.6 Å². The number of anilines is 3. The number of nitrogens with zero attached hydrogens (tertiary/aromatic N) is 4. The number of nitrogens with one attached hydrogen (secondary N) is 2. The summed E-state index contributed by atoms with van der Waals surface area (Å²) in [5, 5.41) is 27.5. The van der Waals surface area contributed by atoms with Crippen molar-refractivity contribution in [3.63, 3.8) is 0 Å². The van der Waals surface area contributed by atoms with Crippen molar-refractivity contribution in [2.75, 3.05) is 23.3 Å². The van der Waals surface area contributed by atoms with Crippen LogP contribution in [-0.4, -0.2) is 56.0 Å². The topological polar surface area (TPSA) is 127 Å². The molecule has 1 aliphatic heterocycles. The van der Waals surface area contributed by atoms with E-state index in [4.69, 9.17) is 9.90 Å². The van der Waals surface area contributed by atoms with Crippen LogP contribution >= 0.6 is 11.8 Å². The highest BCUT2D eigenvalue weighted by Gasteiger charge is 2.19. The fourth-order valence-electron chi connectivity index (χ4n) is 3.33. The van der Waals surface area contributed by atoms with Crippen molar-refractivity contribution in [3.8, 4) is 0 Å². The van der Waals surface area contributed by atoms with Crippen molar-refractivity contribution in [1.82, 2.24) is 20.2 Å². The van der Waals surface area contributed by atoms with Crippen LogP contribution in [0, 0.1) is 13.8 Å². The van der Waals surface area contributed by atoms with Crippen molar-refractivity contribution in [2.24, 2.45) is 0 Å². The van der Waals surface area contributed by atoms with Crippen LogP contribution in [0.5, 0.6) is 0 Å². The van der Waals surface area contributed by atoms with Crippen molar-refractivity contribution in [2.45, 2.75) is 42.6 Å². The highest BCUT2D eigenvalue weighted by Crippen LogP contribution is 2.37. The Bertz CT molecular complexity index is 993. The van der Waals surface area contributed by atoms with E-state index < -0.39 is 0 Å². The molecule has 1 saturated heterocycles. The van der Waals surface area contributed by atoms with Crippen LogP contribution in [0.25, 0.3) is 0 Å². The second-order valence-electron chi connectivity index (χ2n) is 7.07. The average Bonchev–Trinajstić information content (AvgIpc) is 3.08. The first-order chi connectivity index (χ1) is 15.0. The largest absolute Gasteiger partial charge is 0.483 e. The second kappa shape index (κ2) is 10.8. The number of benzene rings is 1. The summed E-state index contributed by atoms with van der Waals surface area (Å²) >= 11 is 1.67. The number of aryl methyl sites for hydroxylation is 2. The highest BCUT2D eigenvalue weighted by molar-refractivity contribution is 7.99. The Morgan fingerprint density at radius 2 is 2.06 bits per heavy atom. The maximum Gasteiger partial charge on any atom is 0.290 e. The summed E-state index contributed by atoms with van der Waals surface area (Å²) in [4.78, 5) is 21.7. The molecule has 164 valence electrons. The van der Waals surface area contributed by atoms with Gasteiger partial charge in [0.15, 0.2) is 0 Å². The van der Waals surface area contributed by atoms with Crippen LogP contribution in [-0.2, 0) is 4.79 Å². The number of aromatic nitrogens is 4. The van der Waals surface area contributed by atoms with Crippen LogP contribution in [0.2, 0.25) is 0 Å². The van der Waals surface area contributed by atoms with Gasteiger partial charge < -0.3 is 20.4 Å². The fourth-order valence-corrected chi connectivity index (χ4v) is 4.32. The van der Waals surface area contributed by atoms with Gasteiger partial charge in [-0.1, -0.05) is 23.9 Å². The molecule has 3 aromatic rings. The summed E-state index contributed by atoms with van der Waals surface area (Å²) < 4.78 is 0. The molecular formula is C21H26N6O3S. The Kier molecular flexibility index (Phi) is 7.85. The number of β-amino-alcohol motifs (C(OH)–C–C–N with tert-alkyl or cyclic N) is 1. The van der Waals surface area contributed by atoms with Gasteiger partial charge >= 0.3 is 0 Å². The molecule has 1 fully saturated rings. The molecule has 10 heteroatoms. The summed E-state index contributed by atoms with van der Waals surface area (Å²) in [7, 11) is 0. The number of piperidine rings is 1. The molecule has 3 heterocycles. The molecule has 1 aromatic carbocycles. The van der Waals surface area contributed by atoms with Gasteiger partial charge in [-0.15, -0.1) is 0 Å². The van der Waals surface area contributed by atoms with E-state index in [0.29, 0.717) is 12.5 Å². The second-order valence-corrected chi connectivity index (χ2v) is 8.12. The van der Waals surface area contributed by atoms with Gasteiger partial charge in [-0.2, -0.15) is 10.1 Å². The van der Waals surface area contributed by atoms with Gasteiger partial charge in [0.1, 0.15) is 5.82 Å². The van der Waals surface area contributed by atoms with E-state index in [1.807, 2.05) is 38.1 Å². The summed E-state index contributed by atoms with van der Waals surface area (Å²) in [6.07, 6.45) is 3.28. The molecule has 0 bridgehead atoms. The summed E-state index contributed by atoms with van der Waals surface area (Å²) in [6.45, 7) is 5.29. The van der Waals surface area contributed by atoms with Gasteiger partial charge in [0, 0.05) is 29.9 Å². The number of carboxylic acid groups (broad SMARTS) is 1. The Labute approximate surface area is 184 Å². The molecule has 1 unspecified atom stereocenters. The van der Waals surface area contributed by atoms with Gasteiger partial charge in [0.05, 0.1) is 22.4 Å². The minimum atomic E-state index is -0.293. The predicted molar refractivity (Wildman–Crippen MR) is 120 cm³/mol. The van der Waals surface area contributed by atoms with E-state index in [2.05, 4.69) is 36.4 Å². The lowest BCUT2D eigenvalue weighted by atomic mass is 10.1. The maximum absolute atomic E-state index is 9.94. The molecule has 2 aromatic heterocycles. The number of hydrogen-bond acceptors (Lipinski definition) is 8. The smallest absolute Gasteiger partial charge is 0.290 e. The van der Waals surface area contributed by atoms with Gasteiger partial charge in [-0.05, 0) is 44.9 Å². The Balaban J connectivity index is 0.000000858. The third-order valence-corrected chi connectivity index (χ3v) is 6.15. The number of hydrogen-bond donors (Lipinski definition) is 4. The van der Waals surface area contributed by atoms with Crippen molar-refractivity contribution < 1.29 is 15.0 Å². The third-order valence-electron chi connectivity index (χ3n) is 4.77. The van der Waals surface area contributed by atoms with Crippen molar-refractivity contribution in [1.29, 1.82) is 0 Å². The van der Waals surface area contributed by atoms with Gasteiger partial charge in [-0.3, -0.25) is 9.89 Å². The van der Waals surface area contributed by atoms with E-state index in [0.717, 1.165) is 52.1 Å². The summed E-state index contributed by atoms with van der Waals surface area (Å²) in [6, 6.07) is 10.00. The standard InChI is InChI=1S/C20H24N6OS.CH2O2/c1-13-19(14(2)25-24-13)28-17-8-4-3-7-16(17)22-20-21-10-9-18(23-20)26-11-5-6-15(27)12-26;2-1-3/h3-4,7-10,15,27H,5-6,11-12H2,1-2H3,(H,24,25)(H,21,22,23);1H,(H,2,3). The quantitative estimate of drug-likeness (QED) is 0.440. The number of rotatable bonds is 5. The van der Waals surface area contributed by atoms with E-state index in [9.17, 15) is 5.11 Å². The van der Waals surface area contributed by atoms with E-state index in [1.165, 1.54) is 0 Å². The first-order valence-electron chi connectivity index (χ1n) is 9.91. The van der Waals surface area contributed by atoms with Crippen molar-refractivity contribution >= 4 is 35.7 Å². The normalized spacial score (nSPS) is 15.7. The lowest BCUT2D eigenvalue weighted by Crippen LogP contribution is -2.38. The van der Waals surface area contributed by atoms with Crippen LogP contribution in [0.1, 0.15) is 24.2 Å². The number of para-hydroxylation sites is 1. The maximum atomic E-state index is 9.94. The predicted octanol–water partition coefficient (Wildman–Crippen LogP) is 3.37. The van der Waals surface area contributed by atoms with E-state index in [1.54, 1.807) is 18.0 Å². The average molecular weight is 443 g/mol. The zero-order valence-corrected chi connectivity index (χ0v) is 18.3. The summed E-state index contributed by atoms with van der Waals surface area (Å²) in [5.74, 6) is 1.38. The van der Waals surface area contributed by atoms with Gasteiger partial charge in [-0.25, -0.2) is 4.98 Å². The number of aliphatic hydroxyl groups is 1. The Morgan fingerprint density at radius 3 is 2.77 bits per heavy atom. The van der Waals surface area contributed by atoms with Crippen LogP contribution in [0.15, 0.2) is 46.3 Å². The van der Waals surface area contributed by atoms with Gasteiger partial charge in [0.25, 0.3) is 6.47 Å². The minimum absolute atomic E-state index is 0.250. The number of carbonyl (C=O) groups is 1. The number of aliphatic hydroxyl groups excluding tert-OH is 1. The lowest BCUT2D eigenvalue weighted by Gasteiger charge is -2.31. The molecule has 1 atom stereocenters. The number of aromatic amines is 1. The zero-order valence-electron chi connectivity index (χ0n) is 17.4. The SMILES string of the molecule is Cc1n[nH]c(C)c1Sc1ccccc1Nc1nccc(N2CCCC(O)C2)n1.O=CO. The first-order valence-corrected chi connectivity index (χ1v) is 10.7. The lowest BCUT2D eigenvalue weighted by molar-refractivity contribution is -0.122. The molecule has 31 heavy (non-hydrogen) atoms. The molecule has 0 aliphatic carbocycles. The molecule has 4 rings (SSSR count). The molecular weight excluding hydrogens is 416 g/mol. The highest BCUT2D eigenvalue weighted by atomic mass is 32.2. The first kappa shape index (κ1) is 22.6. The third kappa shape index (κ3) is 5.96. The summed E-state index contributed by atoms with van der Waals surface area (Å²) in [5.41, 5.74) is 2.99. The molecule has 0 radical (unpaired) electrons. The van der Waals surface area contributed by atoms with Crippen LogP contribution < -0.4 is 10.2 Å². The van der Waals surface area contributed by atoms with Crippen LogP contribution in [0.4, 0.5) is 17.5 Å². The minimum Gasteiger partial charge on any atom is -0.483 e. The fraction of sp³-hybridized carbons (Fsp3) is 0.333. The monoisotopic (exact) mass is 442 g/mol. The molecule has 0 spiro atoms. The van der Waals surface area contributed by atoms with Crippen LogP contribution in [0.3, 0.4) is 0 Å². The molecule has 9 nitrogen and oxygen atoms in total. The molecule has 1 aliphatic rings. The molecule has 0 saturated carbocycles. The van der Waals surface area contributed by atoms with Gasteiger partial charge in [0.2, 0.25) is 5.95 Å².